The molecule has 0 atom stereocenters. The maximum Gasteiger partial charge on any atom is 0.136 e. The average Bonchev–Trinajstić information content (AvgIpc) is 3.61. The Morgan fingerprint density at radius 2 is 0.930 bits per heavy atom. The van der Waals surface area contributed by atoms with Crippen molar-refractivity contribution in [1.29, 1.82) is 0 Å². The normalized spacial score (nSPS) is 11.7. The van der Waals surface area contributed by atoms with Gasteiger partial charge in [-0.05, 0) is 88.6 Å². The summed E-state index contributed by atoms with van der Waals surface area (Å²) in [4.78, 5) is 2.30. The van der Waals surface area contributed by atoms with E-state index < -0.39 is 0 Å². The highest BCUT2D eigenvalue weighted by Crippen LogP contribution is 2.41. The predicted molar refractivity (Wildman–Crippen MR) is 179 cm³/mol. The molecule has 0 saturated carbocycles. The molecule has 7 aromatic carbocycles. The molecule has 2 aromatic heterocycles. The lowest BCUT2D eigenvalue weighted by molar-refractivity contribution is 0.664. The number of fused-ring (bicyclic) bond motifs is 7. The minimum Gasteiger partial charge on any atom is -0.456 e. The molecule has 0 aliphatic carbocycles. The molecular weight excluding hydrogens is 526 g/mol. The highest BCUT2D eigenvalue weighted by molar-refractivity contribution is 6.15. The maximum absolute atomic E-state index is 6.45. The fraction of sp³-hybridized carbons (Fsp3) is 0. The zero-order valence-corrected chi connectivity index (χ0v) is 23.2. The van der Waals surface area contributed by atoms with Crippen molar-refractivity contribution in [3.63, 3.8) is 0 Å². The van der Waals surface area contributed by atoms with Gasteiger partial charge in [0.15, 0.2) is 0 Å². The van der Waals surface area contributed by atoms with Crippen LogP contribution in [0.15, 0.2) is 160 Å². The highest BCUT2D eigenvalue weighted by atomic mass is 16.3. The van der Waals surface area contributed by atoms with Crippen molar-refractivity contribution in [2.45, 2.75) is 0 Å². The van der Waals surface area contributed by atoms with Crippen molar-refractivity contribution >= 4 is 71.7 Å². The molecule has 0 aliphatic heterocycles. The zero-order chi connectivity index (χ0) is 28.3. The minimum absolute atomic E-state index is 0.853. The number of benzene rings is 7. The van der Waals surface area contributed by atoms with E-state index in [1.807, 2.05) is 6.07 Å². The first kappa shape index (κ1) is 23.9. The Bertz CT molecular complexity index is 2450. The first-order valence-electron chi connectivity index (χ1n) is 14.5. The van der Waals surface area contributed by atoms with Gasteiger partial charge in [-0.1, -0.05) is 84.9 Å². The highest BCUT2D eigenvalue weighted by Gasteiger charge is 2.18. The molecular formula is C40H25NO2. The largest absolute Gasteiger partial charge is 0.456 e. The Morgan fingerprint density at radius 1 is 0.326 bits per heavy atom. The summed E-state index contributed by atoms with van der Waals surface area (Å²) in [5, 5.41) is 6.67. The van der Waals surface area contributed by atoms with E-state index in [9.17, 15) is 0 Å². The molecule has 2 heterocycles. The van der Waals surface area contributed by atoms with Gasteiger partial charge in [0.25, 0.3) is 0 Å². The second-order valence-electron chi connectivity index (χ2n) is 11.0. The van der Waals surface area contributed by atoms with Crippen molar-refractivity contribution in [2.24, 2.45) is 0 Å². The predicted octanol–water partition coefficient (Wildman–Crippen LogP) is 11.8. The van der Waals surface area contributed by atoms with Gasteiger partial charge in [0.1, 0.15) is 22.3 Å². The van der Waals surface area contributed by atoms with Crippen LogP contribution in [0.5, 0.6) is 0 Å². The first-order valence-corrected chi connectivity index (χ1v) is 14.5. The second kappa shape index (κ2) is 9.37. The fourth-order valence-corrected chi connectivity index (χ4v) is 6.32. The number of rotatable bonds is 4. The number of nitrogens with zero attached hydrogens (tertiary/aromatic N) is 1. The lowest BCUT2D eigenvalue weighted by Gasteiger charge is -2.25. The summed E-state index contributed by atoms with van der Waals surface area (Å²) < 4.78 is 12.9. The summed E-state index contributed by atoms with van der Waals surface area (Å²) in [6.07, 6.45) is 0. The lowest BCUT2D eigenvalue weighted by Crippen LogP contribution is -2.09. The van der Waals surface area contributed by atoms with Crippen LogP contribution in [0.1, 0.15) is 0 Å². The van der Waals surface area contributed by atoms with E-state index in [0.717, 1.165) is 66.5 Å². The van der Waals surface area contributed by atoms with Crippen molar-refractivity contribution < 1.29 is 8.83 Å². The molecule has 9 aromatic rings. The van der Waals surface area contributed by atoms with E-state index in [4.69, 9.17) is 8.83 Å². The third kappa shape index (κ3) is 3.90. The van der Waals surface area contributed by atoms with Crippen LogP contribution in [0.3, 0.4) is 0 Å². The van der Waals surface area contributed by atoms with Gasteiger partial charge >= 0.3 is 0 Å². The minimum atomic E-state index is 0.853. The summed E-state index contributed by atoms with van der Waals surface area (Å²) in [6, 6.07) is 53.1. The van der Waals surface area contributed by atoms with Crippen LogP contribution in [-0.4, -0.2) is 0 Å². The van der Waals surface area contributed by atoms with Gasteiger partial charge in [-0.15, -0.1) is 0 Å². The number of hydrogen-bond acceptors (Lipinski definition) is 3. The molecule has 3 heteroatoms. The van der Waals surface area contributed by atoms with E-state index in [2.05, 4.69) is 150 Å². The Balaban J connectivity index is 1.21. The number of hydrogen-bond donors (Lipinski definition) is 0. The summed E-state index contributed by atoms with van der Waals surface area (Å²) >= 11 is 0. The summed E-state index contributed by atoms with van der Waals surface area (Å²) in [5.41, 5.74) is 9.02. The van der Waals surface area contributed by atoms with Crippen LogP contribution in [0, 0.1) is 0 Å². The Kier molecular flexibility index (Phi) is 5.20. The molecule has 0 bridgehead atoms. The van der Waals surface area contributed by atoms with Crippen LogP contribution in [0.25, 0.3) is 65.8 Å². The molecule has 0 N–H and O–H groups in total. The first-order chi connectivity index (χ1) is 21.3. The molecule has 0 fully saturated rings. The molecule has 0 saturated heterocycles. The monoisotopic (exact) mass is 551 g/mol. The van der Waals surface area contributed by atoms with Gasteiger partial charge in [0, 0.05) is 38.6 Å². The third-order valence-electron chi connectivity index (χ3n) is 8.42. The van der Waals surface area contributed by atoms with Crippen molar-refractivity contribution in [1.82, 2.24) is 0 Å². The van der Waals surface area contributed by atoms with Gasteiger partial charge in [-0.25, -0.2) is 0 Å². The third-order valence-corrected chi connectivity index (χ3v) is 8.42. The van der Waals surface area contributed by atoms with Gasteiger partial charge in [0.2, 0.25) is 0 Å². The van der Waals surface area contributed by atoms with Crippen molar-refractivity contribution in [3.8, 4) is 11.1 Å². The summed E-state index contributed by atoms with van der Waals surface area (Å²) in [5.74, 6) is 0. The summed E-state index contributed by atoms with van der Waals surface area (Å²) in [7, 11) is 0. The molecule has 0 aliphatic rings. The van der Waals surface area contributed by atoms with E-state index in [0.29, 0.717) is 0 Å². The molecule has 0 unspecified atom stereocenters. The number of para-hydroxylation sites is 1. The van der Waals surface area contributed by atoms with Crippen LogP contribution in [0.2, 0.25) is 0 Å². The van der Waals surface area contributed by atoms with Gasteiger partial charge in [-0.2, -0.15) is 0 Å². The lowest BCUT2D eigenvalue weighted by atomic mass is 10.0. The van der Waals surface area contributed by atoms with E-state index in [1.165, 1.54) is 16.3 Å². The molecule has 43 heavy (non-hydrogen) atoms. The Morgan fingerprint density at radius 3 is 1.74 bits per heavy atom. The van der Waals surface area contributed by atoms with E-state index >= 15 is 0 Å². The molecule has 202 valence electrons. The van der Waals surface area contributed by atoms with Crippen LogP contribution < -0.4 is 4.90 Å². The quantitative estimate of drug-likeness (QED) is 0.218. The standard InChI is InChI=1S/C40H25NO2/c1-3-9-26(10-4-1)29-16-19-33-35-24-40-36(25-39(35)43-38(33)22-29)34-23-32(18-20-37(34)42-40)41(30-13-5-2-6-14-30)31-17-15-27-11-7-8-12-28(27)21-31/h1-25H. The molecule has 0 radical (unpaired) electrons. The van der Waals surface area contributed by atoms with Gasteiger partial charge < -0.3 is 13.7 Å². The maximum atomic E-state index is 6.45. The number of furan rings is 2. The van der Waals surface area contributed by atoms with Gasteiger partial charge in [-0.3, -0.25) is 0 Å². The molecule has 0 spiro atoms. The van der Waals surface area contributed by atoms with Crippen LogP contribution >= 0.6 is 0 Å². The van der Waals surface area contributed by atoms with Crippen LogP contribution in [0.4, 0.5) is 17.1 Å². The number of anilines is 3. The molecule has 9 rings (SSSR count). The molecule has 0 amide bonds. The van der Waals surface area contributed by atoms with E-state index in [-0.39, 0.29) is 0 Å². The average molecular weight is 552 g/mol. The Labute approximate surface area is 247 Å². The SMILES string of the molecule is c1ccc(-c2ccc3c(c2)oc2cc4c(cc23)oc2ccc(N(c3ccccc3)c3ccc5ccccc5c3)cc24)cc1. The smallest absolute Gasteiger partial charge is 0.136 e. The zero-order valence-electron chi connectivity index (χ0n) is 23.2. The van der Waals surface area contributed by atoms with Crippen LogP contribution in [-0.2, 0) is 0 Å². The molecule has 3 nitrogen and oxygen atoms in total. The Hall–Kier alpha value is -5.80. The second-order valence-corrected chi connectivity index (χ2v) is 11.0. The van der Waals surface area contributed by atoms with Crippen molar-refractivity contribution in [3.05, 3.63) is 152 Å². The summed E-state index contributed by atoms with van der Waals surface area (Å²) in [6.45, 7) is 0. The van der Waals surface area contributed by atoms with Crippen molar-refractivity contribution in [2.75, 3.05) is 4.90 Å². The topological polar surface area (TPSA) is 29.5 Å². The van der Waals surface area contributed by atoms with E-state index in [1.54, 1.807) is 0 Å². The fourth-order valence-electron chi connectivity index (χ4n) is 6.32. The van der Waals surface area contributed by atoms with Gasteiger partial charge in [0.05, 0.1) is 0 Å².